The largest absolute Gasteiger partial charge is 0.484 e. The van der Waals surface area contributed by atoms with Gasteiger partial charge in [0.25, 0.3) is 5.91 Å². The molecule has 1 aliphatic heterocycles. The third-order valence-electron chi connectivity index (χ3n) is 3.47. The van der Waals surface area contributed by atoms with E-state index in [0.29, 0.717) is 16.8 Å². The van der Waals surface area contributed by atoms with Crippen molar-refractivity contribution in [2.45, 2.75) is 26.9 Å². The van der Waals surface area contributed by atoms with E-state index in [9.17, 15) is 14.4 Å². The van der Waals surface area contributed by atoms with E-state index in [-0.39, 0.29) is 25.0 Å². The summed E-state index contributed by atoms with van der Waals surface area (Å²) in [4.78, 5) is 37.4. The van der Waals surface area contributed by atoms with Gasteiger partial charge in [-0.3, -0.25) is 14.5 Å². The van der Waals surface area contributed by atoms with Crippen molar-refractivity contribution in [3.8, 4) is 0 Å². The predicted octanol–water partition coefficient (Wildman–Crippen LogP) is 1.97. The molecule has 0 unspecified atom stereocenters. The van der Waals surface area contributed by atoms with Crippen LogP contribution in [0.25, 0.3) is 5.70 Å². The van der Waals surface area contributed by atoms with E-state index in [2.05, 4.69) is 4.74 Å². The van der Waals surface area contributed by atoms with Crippen LogP contribution < -0.4 is 0 Å². The first kappa shape index (κ1) is 18.5. The zero-order chi connectivity index (χ0) is 18.6. The summed E-state index contributed by atoms with van der Waals surface area (Å²) in [5, 5.41) is 0. The van der Waals surface area contributed by atoms with Gasteiger partial charge in [-0.1, -0.05) is 18.2 Å². The normalized spacial score (nSPS) is 13.6. The molecule has 1 aliphatic rings. The summed E-state index contributed by atoms with van der Waals surface area (Å²) in [6.45, 7) is 5.26. The molecule has 0 atom stereocenters. The van der Waals surface area contributed by atoms with Crippen LogP contribution in [0.15, 0.2) is 30.0 Å². The van der Waals surface area contributed by atoms with Gasteiger partial charge in [0.2, 0.25) is 5.76 Å². The van der Waals surface area contributed by atoms with Crippen molar-refractivity contribution in [2.24, 2.45) is 0 Å². The van der Waals surface area contributed by atoms with E-state index in [0.717, 1.165) is 0 Å². The number of esters is 2. The minimum Gasteiger partial charge on any atom is -0.484 e. The first-order chi connectivity index (χ1) is 11.9. The number of rotatable bonds is 7. The minimum absolute atomic E-state index is 0.121. The fourth-order valence-electron chi connectivity index (χ4n) is 2.43. The third-order valence-corrected chi connectivity index (χ3v) is 3.47. The number of carbonyl (C=O) groups is 3. The van der Waals surface area contributed by atoms with Gasteiger partial charge in [0.1, 0.15) is 12.2 Å². The van der Waals surface area contributed by atoms with Gasteiger partial charge in [-0.05, 0) is 26.8 Å². The van der Waals surface area contributed by atoms with E-state index in [1.165, 1.54) is 12.0 Å². The van der Waals surface area contributed by atoms with Crippen LogP contribution >= 0.6 is 0 Å². The molecule has 7 heteroatoms. The highest BCUT2D eigenvalue weighted by Crippen LogP contribution is 2.37. The number of hydrogen-bond acceptors (Lipinski definition) is 6. The van der Waals surface area contributed by atoms with Gasteiger partial charge in [0.15, 0.2) is 0 Å². The summed E-state index contributed by atoms with van der Waals surface area (Å²) in [6.07, 6.45) is -0.232. The van der Waals surface area contributed by atoms with Crippen molar-refractivity contribution >= 4 is 23.5 Å². The fourth-order valence-corrected chi connectivity index (χ4v) is 2.43. The molecule has 1 heterocycles. The SMILES string of the molecule is CCOC(=O)c1ccccc1C1=C(OC(C)C)C(=O)N1CC(=O)OC. The maximum absolute atomic E-state index is 12.4. The Morgan fingerprint density at radius 3 is 2.48 bits per heavy atom. The van der Waals surface area contributed by atoms with Gasteiger partial charge in [0.05, 0.1) is 25.4 Å². The molecule has 0 aliphatic carbocycles. The van der Waals surface area contributed by atoms with Crippen LogP contribution in [0.3, 0.4) is 0 Å². The summed E-state index contributed by atoms with van der Waals surface area (Å²) in [5.41, 5.74) is 1.15. The maximum atomic E-state index is 12.4. The Hall–Kier alpha value is -2.83. The molecular weight excluding hydrogens is 326 g/mol. The lowest BCUT2D eigenvalue weighted by Crippen LogP contribution is -2.46. The molecule has 0 aromatic heterocycles. The predicted molar refractivity (Wildman–Crippen MR) is 89.3 cm³/mol. The second-order valence-corrected chi connectivity index (χ2v) is 5.58. The quantitative estimate of drug-likeness (QED) is 0.702. The Morgan fingerprint density at radius 1 is 1.20 bits per heavy atom. The molecule has 0 saturated carbocycles. The highest BCUT2D eigenvalue weighted by molar-refractivity contribution is 6.15. The molecule has 1 aromatic carbocycles. The highest BCUT2D eigenvalue weighted by Gasteiger charge is 2.42. The lowest BCUT2D eigenvalue weighted by Gasteiger charge is -2.36. The Morgan fingerprint density at radius 2 is 1.88 bits per heavy atom. The van der Waals surface area contributed by atoms with Crippen molar-refractivity contribution < 1.29 is 28.6 Å². The zero-order valence-electron chi connectivity index (χ0n) is 14.7. The summed E-state index contributed by atoms with van der Waals surface area (Å²) >= 11 is 0. The lowest BCUT2D eigenvalue weighted by molar-refractivity contribution is -0.146. The molecule has 0 spiro atoms. The molecule has 0 fully saturated rings. The van der Waals surface area contributed by atoms with Gasteiger partial charge in [-0.25, -0.2) is 4.79 Å². The monoisotopic (exact) mass is 347 g/mol. The van der Waals surface area contributed by atoms with Crippen molar-refractivity contribution in [1.29, 1.82) is 0 Å². The Labute approximate surface area is 146 Å². The van der Waals surface area contributed by atoms with Crippen LogP contribution in [-0.4, -0.2) is 49.1 Å². The number of benzene rings is 1. The molecule has 134 valence electrons. The molecule has 1 amide bonds. The van der Waals surface area contributed by atoms with Gasteiger partial charge in [0, 0.05) is 5.56 Å². The number of nitrogens with zero attached hydrogens (tertiary/aromatic N) is 1. The van der Waals surface area contributed by atoms with Crippen molar-refractivity contribution in [3.63, 3.8) is 0 Å². The second-order valence-electron chi connectivity index (χ2n) is 5.58. The molecule has 25 heavy (non-hydrogen) atoms. The standard InChI is InChI=1S/C18H21NO6/c1-5-24-18(22)13-9-7-6-8-12(13)15-16(25-11(2)3)17(21)19(15)10-14(20)23-4/h6-9,11H,5,10H2,1-4H3. The van der Waals surface area contributed by atoms with Crippen LogP contribution in [0.4, 0.5) is 0 Å². The summed E-state index contributed by atoms with van der Waals surface area (Å²) < 4.78 is 15.3. The molecule has 1 aromatic rings. The number of amides is 1. The van der Waals surface area contributed by atoms with Crippen molar-refractivity contribution in [2.75, 3.05) is 20.3 Å². The highest BCUT2D eigenvalue weighted by atomic mass is 16.5. The van der Waals surface area contributed by atoms with E-state index < -0.39 is 17.8 Å². The third kappa shape index (κ3) is 3.81. The van der Waals surface area contributed by atoms with Crippen molar-refractivity contribution in [3.05, 3.63) is 41.2 Å². The fraction of sp³-hybridized carbons (Fsp3) is 0.389. The Balaban J connectivity index is 2.50. The zero-order valence-corrected chi connectivity index (χ0v) is 14.7. The van der Waals surface area contributed by atoms with Crippen molar-refractivity contribution in [1.82, 2.24) is 4.90 Å². The van der Waals surface area contributed by atoms with E-state index in [1.807, 2.05) is 0 Å². The molecule has 2 rings (SSSR count). The molecule has 0 radical (unpaired) electrons. The molecule has 0 saturated heterocycles. The van der Waals surface area contributed by atoms with Crippen LogP contribution in [0.5, 0.6) is 0 Å². The maximum Gasteiger partial charge on any atom is 0.338 e. The summed E-state index contributed by atoms with van der Waals surface area (Å²) in [6, 6.07) is 6.72. The lowest BCUT2D eigenvalue weighted by atomic mass is 9.97. The van der Waals surface area contributed by atoms with Crippen LogP contribution in [-0.2, 0) is 23.8 Å². The number of hydrogen-bond donors (Lipinski definition) is 0. The molecule has 0 bridgehead atoms. The van der Waals surface area contributed by atoms with Gasteiger partial charge in [-0.2, -0.15) is 0 Å². The molecular formula is C18H21NO6. The number of carbonyl (C=O) groups excluding carboxylic acids is 3. The topological polar surface area (TPSA) is 82.1 Å². The minimum atomic E-state index is -0.567. The van der Waals surface area contributed by atoms with Crippen LogP contribution in [0.1, 0.15) is 36.7 Å². The van der Waals surface area contributed by atoms with Crippen LogP contribution in [0.2, 0.25) is 0 Å². The molecule has 0 N–H and O–H groups in total. The number of methoxy groups -OCH3 is 1. The van der Waals surface area contributed by atoms with Gasteiger partial charge >= 0.3 is 11.9 Å². The average molecular weight is 347 g/mol. The van der Waals surface area contributed by atoms with E-state index in [1.54, 1.807) is 45.0 Å². The summed E-state index contributed by atoms with van der Waals surface area (Å²) in [7, 11) is 1.24. The second kappa shape index (κ2) is 7.83. The van der Waals surface area contributed by atoms with E-state index >= 15 is 0 Å². The van der Waals surface area contributed by atoms with E-state index in [4.69, 9.17) is 9.47 Å². The molecule has 7 nitrogen and oxygen atoms in total. The van der Waals surface area contributed by atoms with Crippen LogP contribution in [0, 0.1) is 0 Å². The Kier molecular flexibility index (Phi) is 5.80. The first-order valence-electron chi connectivity index (χ1n) is 7.96. The summed E-state index contributed by atoms with van der Waals surface area (Å²) in [5.74, 6) is -1.38. The number of ether oxygens (including phenoxy) is 3. The van der Waals surface area contributed by atoms with Gasteiger partial charge < -0.3 is 14.2 Å². The smallest absolute Gasteiger partial charge is 0.338 e. The average Bonchev–Trinajstić information content (AvgIpc) is 2.60. The van der Waals surface area contributed by atoms with Gasteiger partial charge in [-0.15, -0.1) is 0 Å². The Bertz CT molecular complexity index is 722. The first-order valence-corrected chi connectivity index (χ1v) is 7.96.